The highest BCUT2D eigenvalue weighted by atomic mass is 32.2. The van der Waals surface area contributed by atoms with Gasteiger partial charge in [-0.2, -0.15) is 4.68 Å². The molecule has 5 nitrogen and oxygen atoms in total. The Morgan fingerprint density at radius 3 is 2.76 bits per heavy atom. The van der Waals surface area contributed by atoms with Crippen LogP contribution in [-0.2, 0) is 5.75 Å². The number of methoxy groups -OCH3 is 1. The van der Waals surface area contributed by atoms with E-state index in [0.29, 0.717) is 0 Å². The lowest BCUT2D eigenvalue weighted by Gasteiger charge is -2.05. The van der Waals surface area contributed by atoms with Gasteiger partial charge in [-0.05, 0) is 40.3 Å². The van der Waals surface area contributed by atoms with Crippen molar-refractivity contribution < 1.29 is 4.74 Å². The zero-order valence-corrected chi connectivity index (χ0v) is 12.3. The van der Waals surface area contributed by atoms with Gasteiger partial charge in [-0.1, -0.05) is 42.1 Å². The van der Waals surface area contributed by atoms with Crippen molar-refractivity contribution in [2.45, 2.75) is 10.9 Å². The van der Waals surface area contributed by atoms with Crippen LogP contribution in [0.3, 0.4) is 0 Å². The molecule has 0 N–H and O–H groups in total. The summed E-state index contributed by atoms with van der Waals surface area (Å²) in [6.45, 7) is 0. The summed E-state index contributed by atoms with van der Waals surface area (Å²) in [5, 5.41) is 12.7. The minimum absolute atomic E-state index is 0.768. The first-order chi connectivity index (χ1) is 10.4. The highest BCUT2D eigenvalue weighted by molar-refractivity contribution is 7.98. The van der Waals surface area contributed by atoms with Crippen LogP contribution in [0, 0.1) is 0 Å². The lowest BCUT2D eigenvalue weighted by Crippen LogP contribution is -1.98. The monoisotopic (exact) mass is 298 g/mol. The first-order valence-corrected chi connectivity index (χ1v) is 7.45. The number of tetrazole rings is 1. The maximum absolute atomic E-state index is 5.23. The van der Waals surface area contributed by atoms with E-state index < -0.39 is 0 Å². The summed E-state index contributed by atoms with van der Waals surface area (Å²) in [6.07, 6.45) is 0. The van der Waals surface area contributed by atoms with Gasteiger partial charge in [0.25, 0.3) is 0 Å². The highest BCUT2D eigenvalue weighted by Crippen LogP contribution is 2.24. The Bertz CT molecular complexity index is 714. The van der Waals surface area contributed by atoms with E-state index in [2.05, 4.69) is 21.6 Å². The molecule has 0 aliphatic rings. The predicted molar refractivity (Wildman–Crippen MR) is 81.7 cm³/mol. The molecule has 0 spiro atoms. The first-order valence-electron chi connectivity index (χ1n) is 6.46. The summed E-state index contributed by atoms with van der Waals surface area (Å²) < 4.78 is 6.97. The molecule has 0 saturated heterocycles. The average Bonchev–Trinajstić information content (AvgIpc) is 3.02. The third-order valence-electron chi connectivity index (χ3n) is 2.94. The van der Waals surface area contributed by atoms with Gasteiger partial charge in [0.1, 0.15) is 5.75 Å². The molecule has 0 atom stereocenters. The Balaban J connectivity index is 1.76. The molecule has 0 amide bonds. The first kappa shape index (κ1) is 13.6. The molecule has 0 bridgehead atoms. The Morgan fingerprint density at radius 1 is 1.10 bits per heavy atom. The van der Waals surface area contributed by atoms with E-state index in [-0.39, 0.29) is 0 Å². The van der Waals surface area contributed by atoms with Gasteiger partial charge in [-0.3, -0.25) is 0 Å². The average molecular weight is 298 g/mol. The molecule has 3 aromatic rings. The van der Waals surface area contributed by atoms with E-state index in [0.717, 1.165) is 22.3 Å². The molecular formula is C15H14N4OS. The number of aromatic nitrogens is 4. The van der Waals surface area contributed by atoms with E-state index in [9.17, 15) is 0 Å². The molecule has 2 aromatic carbocycles. The largest absolute Gasteiger partial charge is 0.497 e. The number of ether oxygens (including phenoxy) is 1. The lowest BCUT2D eigenvalue weighted by molar-refractivity contribution is 0.414. The number of thioether (sulfide) groups is 1. The van der Waals surface area contributed by atoms with Gasteiger partial charge in [-0.15, -0.1) is 5.10 Å². The molecule has 1 heterocycles. The van der Waals surface area contributed by atoms with E-state index in [1.54, 1.807) is 23.6 Å². The summed E-state index contributed by atoms with van der Waals surface area (Å²) in [5.41, 5.74) is 2.12. The predicted octanol–water partition coefficient (Wildman–Crippen LogP) is 2.96. The zero-order chi connectivity index (χ0) is 14.5. The zero-order valence-electron chi connectivity index (χ0n) is 11.5. The van der Waals surface area contributed by atoms with E-state index in [1.165, 1.54) is 5.56 Å². The Hall–Kier alpha value is -2.34. The number of rotatable bonds is 5. The van der Waals surface area contributed by atoms with Gasteiger partial charge < -0.3 is 4.74 Å². The number of nitrogens with zero attached hydrogens (tertiary/aromatic N) is 4. The van der Waals surface area contributed by atoms with Gasteiger partial charge in [0.05, 0.1) is 12.8 Å². The molecule has 3 rings (SSSR count). The van der Waals surface area contributed by atoms with Crippen molar-refractivity contribution in [1.82, 2.24) is 20.2 Å². The quantitative estimate of drug-likeness (QED) is 0.678. The second-order valence-electron chi connectivity index (χ2n) is 4.35. The Labute approximate surface area is 126 Å². The topological polar surface area (TPSA) is 52.8 Å². The molecule has 0 unspecified atom stereocenters. The second-order valence-corrected chi connectivity index (χ2v) is 5.29. The number of hydrogen-bond donors (Lipinski definition) is 0. The Kier molecular flexibility index (Phi) is 4.16. The van der Waals surface area contributed by atoms with Crippen LogP contribution in [0.5, 0.6) is 5.75 Å². The molecule has 1 aromatic heterocycles. The van der Waals surface area contributed by atoms with Gasteiger partial charge in [0, 0.05) is 5.75 Å². The molecule has 106 valence electrons. The maximum atomic E-state index is 5.23. The fourth-order valence-electron chi connectivity index (χ4n) is 1.91. The van der Waals surface area contributed by atoms with Crippen molar-refractivity contribution in [2.24, 2.45) is 0 Å². The third-order valence-corrected chi connectivity index (χ3v) is 3.93. The van der Waals surface area contributed by atoms with Crippen LogP contribution in [0.2, 0.25) is 0 Å². The van der Waals surface area contributed by atoms with Gasteiger partial charge in [0.15, 0.2) is 0 Å². The second kappa shape index (κ2) is 6.41. The van der Waals surface area contributed by atoms with Crippen molar-refractivity contribution >= 4 is 11.8 Å². The van der Waals surface area contributed by atoms with Gasteiger partial charge >= 0.3 is 0 Å². The molecule has 0 fully saturated rings. The maximum Gasteiger partial charge on any atom is 0.214 e. The standard InChI is InChI=1S/C15H14N4OS/c1-20-14-9-5-6-12(10-14)11-21-15-16-17-18-19(15)13-7-3-2-4-8-13/h2-10H,11H2,1H3. The van der Waals surface area contributed by atoms with Crippen LogP contribution in [0.4, 0.5) is 0 Å². The summed E-state index contributed by atoms with van der Waals surface area (Å²) in [7, 11) is 1.67. The van der Waals surface area contributed by atoms with Crippen molar-refractivity contribution in [3.05, 3.63) is 60.2 Å². The molecule has 0 aliphatic heterocycles. The van der Waals surface area contributed by atoms with E-state index in [1.807, 2.05) is 48.5 Å². The van der Waals surface area contributed by atoms with Crippen LogP contribution >= 0.6 is 11.8 Å². The fraction of sp³-hybridized carbons (Fsp3) is 0.133. The molecule has 6 heteroatoms. The molecule has 0 saturated carbocycles. The Morgan fingerprint density at radius 2 is 1.95 bits per heavy atom. The lowest BCUT2D eigenvalue weighted by atomic mass is 10.2. The summed E-state index contributed by atoms with van der Waals surface area (Å²) in [4.78, 5) is 0. The van der Waals surface area contributed by atoms with Crippen LogP contribution in [0.25, 0.3) is 5.69 Å². The molecule has 21 heavy (non-hydrogen) atoms. The third kappa shape index (κ3) is 3.22. The summed E-state index contributed by atoms with van der Waals surface area (Å²) in [5.74, 6) is 1.64. The highest BCUT2D eigenvalue weighted by Gasteiger charge is 2.09. The molecule has 0 radical (unpaired) electrons. The molecule has 0 aliphatic carbocycles. The van der Waals surface area contributed by atoms with Crippen molar-refractivity contribution in [1.29, 1.82) is 0 Å². The normalized spacial score (nSPS) is 10.5. The molecular weight excluding hydrogens is 284 g/mol. The smallest absolute Gasteiger partial charge is 0.214 e. The van der Waals surface area contributed by atoms with Crippen molar-refractivity contribution in [2.75, 3.05) is 7.11 Å². The number of benzene rings is 2. The van der Waals surface area contributed by atoms with Crippen LogP contribution in [-0.4, -0.2) is 27.3 Å². The summed E-state index contributed by atoms with van der Waals surface area (Å²) in [6, 6.07) is 17.9. The van der Waals surface area contributed by atoms with E-state index >= 15 is 0 Å². The number of hydrogen-bond acceptors (Lipinski definition) is 5. The van der Waals surface area contributed by atoms with Crippen LogP contribution in [0.1, 0.15) is 5.56 Å². The minimum Gasteiger partial charge on any atom is -0.497 e. The fourth-order valence-corrected chi connectivity index (χ4v) is 2.74. The number of para-hydroxylation sites is 1. The summed E-state index contributed by atoms with van der Waals surface area (Å²) >= 11 is 1.59. The van der Waals surface area contributed by atoms with Crippen LogP contribution in [0.15, 0.2) is 59.8 Å². The van der Waals surface area contributed by atoms with Crippen molar-refractivity contribution in [3.8, 4) is 11.4 Å². The minimum atomic E-state index is 0.768. The SMILES string of the molecule is COc1cccc(CSc2nnnn2-c2ccccc2)c1. The van der Waals surface area contributed by atoms with E-state index in [4.69, 9.17) is 4.74 Å². The van der Waals surface area contributed by atoms with Crippen LogP contribution < -0.4 is 4.74 Å². The van der Waals surface area contributed by atoms with Gasteiger partial charge in [0.2, 0.25) is 5.16 Å². The van der Waals surface area contributed by atoms with Gasteiger partial charge in [-0.25, -0.2) is 0 Å². The van der Waals surface area contributed by atoms with Crippen molar-refractivity contribution in [3.63, 3.8) is 0 Å².